The molecule has 0 atom stereocenters. The number of nitrogens with two attached hydrogens (primary N) is 1. The van der Waals surface area contributed by atoms with Crippen LogP contribution in [0.2, 0.25) is 0 Å². The Labute approximate surface area is 91.3 Å². The number of anilines is 1. The highest BCUT2D eigenvalue weighted by Gasteiger charge is 2.23. The molecule has 1 rings (SSSR count). The summed E-state index contributed by atoms with van der Waals surface area (Å²) in [6, 6.07) is 0. The molecule has 0 amide bonds. The Morgan fingerprint density at radius 2 is 2.44 bits per heavy atom. The van der Waals surface area contributed by atoms with Gasteiger partial charge in [-0.05, 0) is 6.42 Å². The minimum absolute atomic E-state index is 0.0893. The third kappa shape index (κ3) is 2.64. The average molecular weight is 225 g/mol. The molecule has 3 N–H and O–H groups in total. The summed E-state index contributed by atoms with van der Waals surface area (Å²) in [4.78, 5) is 17.4. The number of hydrazine groups is 1. The smallest absolute Gasteiger partial charge is 0.374 e. The first-order chi connectivity index (χ1) is 7.70. The summed E-state index contributed by atoms with van der Waals surface area (Å²) in [5.74, 6) is 4.89. The first-order valence-electron chi connectivity index (χ1n) is 4.40. The molecule has 0 aromatic carbocycles. The van der Waals surface area contributed by atoms with Crippen molar-refractivity contribution in [3.63, 3.8) is 0 Å². The van der Waals surface area contributed by atoms with Gasteiger partial charge in [-0.2, -0.15) is 4.98 Å². The lowest BCUT2D eigenvalue weighted by Gasteiger charge is -2.06. The summed E-state index contributed by atoms with van der Waals surface area (Å²) < 4.78 is 5.12. The zero-order valence-corrected chi connectivity index (χ0v) is 8.42. The van der Waals surface area contributed by atoms with Gasteiger partial charge in [-0.25, -0.2) is 10.8 Å². The standard InChI is InChI=1S/C8H11N5O3/c1-2-3-4-16-8-6(13(14)15)7(12-9)10-5-11-8/h2,5H,1,3-4,9H2,(H,10,11,12). The fourth-order valence-corrected chi connectivity index (χ4v) is 0.977. The van der Waals surface area contributed by atoms with Crippen LogP contribution in [0.5, 0.6) is 5.88 Å². The molecule has 0 aliphatic rings. The fourth-order valence-electron chi connectivity index (χ4n) is 0.977. The van der Waals surface area contributed by atoms with Crippen LogP contribution in [0.15, 0.2) is 19.0 Å². The molecule has 0 unspecified atom stereocenters. The zero-order valence-electron chi connectivity index (χ0n) is 8.42. The van der Waals surface area contributed by atoms with E-state index in [1.165, 1.54) is 0 Å². The summed E-state index contributed by atoms with van der Waals surface area (Å²) >= 11 is 0. The van der Waals surface area contributed by atoms with Gasteiger partial charge in [-0.3, -0.25) is 10.1 Å². The van der Waals surface area contributed by atoms with Gasteiger partial charge < -0.3 is 10.2 Å². The molecule has 0 saturated carbocycles. The maximum absolute atomic E-state index is 10.8. The molecular formula is C8H11N5O3. The number of rotatable bonds is 6. The second-order valence-corrected chi connectivity index (χ2v) is 2.70. The quantitative estimate of drug-likeness (QED) is 0.239. The van der Waals surface area contributed by atoms with Crippen LogP contribution in [0.25, 0.3) is 0 Å². The maximum Gasteiger partial charge on any atom is 0.374 e. The molecule has 1 heterocycles. The lowest BCUT2D eigenvalue weighted by Crippen LogP contribution is -2.12. The van der Waals surface area contributed by atoms with Crippen LogP contribution in [0.3, 0.4) is 0 Å². The molecule has 8 nitrogen and oxygen atoms in total. The van der Waals surface area contributed by atoms with Crippen molar-refractivity contribution in [3.8, 4) is 5.88 Å². The first-order valence-corrected chi connectivity index (χ1v) is 4.40. The van der Waals surface area contributed by atoms with Crippen molar-refractivity contribution < 1.29 is 9.66 Å². The Hall–Kier alpha value is -2.22. The van der Waals surface area contributed by atoms with Gasteiger partial charge in [-0.1, -0.05) is 6.08 Å². The van der Waals surface area contributed by atoms with Crippen LogP contribution in [0, 0.1) is 10.1 Å². The third-order valence-electron chi connectivity index (χ3n) is 1.67. The average Bonchev–Trinajstić information content (AvgIpc) is 2.28. The van der Waals surface area contributed by atoms with Gasteiger partial charge in [0, 0.05) is 0 Å². The summed E-state index contributed by atoms with van der Waals surface area (Å²) in [6.45, 7) is 3.76. The van der Waals surface area contributed by atoms with Crippen LogP contribution in [-0.2, 0) is 0 Å². The van der Waals surface area contributed by atoms with Gasteiger partial charge in [0.2, 0.25) is 5.82 Å². The van der Waals surface area contributed by atoms with Gasteiger partial charge in [0.05, 0.1) is 11.5 Å². The Kier molecular flexibility index (Phi) is 4.16. The normalized spacial score (nSPS) is 9.56. The van der Waals surface area contributed by atoms with Crippen LogP contribution < -0.4 is 16.0 Å². The van der Waals surface area contributed by atoms with Gasteiger partial charge >= 0.3 is 5.69 Å². The predicted octanol–water partition coefficient (Wildman–Crippen LogP) is 0.625. The van der Waals surface area contributed by atoms with Crippen molar-refractivity contribution in [2.45, 2.75) is 6.42 Å². The topological polar surface area (TPSA) is 116 Å². The molecular weight excluding hydrogens is 214 g/mol. The minimum Gasteiger partial charge on any atom is -0.472 e. The first kappa shape index (κ1) is 11.9. The van der Waals surface area contributed by atoms with Gasteiger partial charge in [0.15, 0.2) is 0 Å². The number of hydrogen-bond acceptors (Lipinski definition) is 7. The van der Waals surface area contributed by atoms with Crippen molar-refractivity contribution in [2.24, 2.45) is 5.84 Å². The van der Waals surface area contributed by atoms with E-state index in [0.29, 0.717) is 6.42 Å². The number of nitrogen functional groups attached to an aromatic ring is 1. The third-order valence-corrected chi connectivity index (χ3v) is 1.67. The molecule has 0 saturated heterocycles. The van der Waals surface area contributed by atoms with Gasteiger partial charge in [0.25, 0.3) is 5.88 Å². The zero-order chi connectivity index (χ0) is 12.0. The van der Waals surface area contributed by atoms with Crippen LogP contribution in [-0.4, -0.2) is 21.5 Å². The summed E-state index contributed by atoms with van der Waals surface area (Å²) in [7, 11) is 0. The van der Waals surface area contributed by atoms with E-state index in [0.717, 1.165) is 6.33 Å². The highest BCUT2D eigenvalue weighted by Crippen LogP contribution is 2.29. The molecule has 0 fully saturated rings. The van der Waals surface area contributed by atoms with Crippen molar-refractivity contribution >= 4 is 11.5 Å². The van der Waals surface area contributed by atoms with E-state index in [1.807, 2.05) is 0 Å². The van der Waals surface area contributed by atoms with E-state index in [-0.39, 0.29) is 24.0 Å². The second kappa shape index (κ2) is 5.61. The molecule has 0 radical (unpaired) electrons. The predicted molar refractivity (Wildman–Crippen MR) is 56.8 cm³/mol. The van der Waals surface area contributed by atoms with Crippen LogP contribution in [0.4, 0.5) is 11.5 Å². The molecule has 8 heteroatoms. The number of nitro groups is 1. The molecule has 1 aromatic heterocycles. The Morgan fingerprint density at radius 1 is 1.69 bits per heavy atom. The lowest BCUT2D eigenvalue weighted by atomic mass is 10.4. The number of ether oxygens (including phenoxy) is 1. The van der Waals surface area contributed by atoms with Crippen LogP contribution in [0.1, 0.15) is 6.42 Å². The van der Waals surface area contributed by atoms with Crippen molar-refractivity contribution in [3.05, 3.63) is 29.1 Å². The van der Waals surface area contributed by atoms with Gasteiger partial charge in [-0.15, -0.1) is 6.58 Å². The molecule has 0 aliphatic carbocycles. The largest absolute Gasteiger partial charge is 0.472 e. The minimum atomic E-state index is -0.654. The van der Waals surface area contributed by atoms with E-state index in [9.17, 15) is 10.1 Å². The molecule has 16 heavy (non-hydrogen) atoms. The summed E-state index contributed by atoms with van der Waals surface area (Å²) in [5, 5.41) is 10.8. The molecule has 0 bridgehead atoms. The second-order valence-electron chi connectivity index (χ2n) is 2.70. The summed E-state index contributed by atoms with van der Waals surface area (Å²) in [5.41, 5.74) is 1.73. The number of nitrogens with one attached hydrogen (secondary N) is 1. The van der Waals surface area contributed by atoms with E-state index in [2.05, 4.69) is 22.0 Å². The van der Waals surface area contributed by atoms with Crippen molar-refractivity contribution in [1.82, 2.24) is 9.97 Å². The SMILES string of the molecule is C=CCCOc1ncnc(NN)c1[N+](=O)[O-]. The van der Waals surface area contributed by atoms with E-state index >= 15 is 0 Å². The summed E-state index contributed by atoms with van der Waals surface area (Å²) in [6.07, 6.45) is 3.33. The fraction of sp³-hybridized carbons (Fsp3) is 0.250. The monoisotopic (exact) mass is 225 g/mol. The van der Waals surface area contributed by atoms with Crippen molar-refractivity contribution in [2.75, 3.05) is 12.0 Å². The maximum atomic E-state index is 10.8. The highest BCUT2D eigenvalue weighted by molar-refractivity contribution is 5.60. The molecule has 0 aliphatic heterocycles. The number of aromatic nitrogens is 2. The van der Waals surface area contributed by atoms with Crippen LogP contribution >= 0.6 is 0 Å². The van der Waals surface area contributed by atoms with E-state index in [4.69, 9.17) is 10.6 Å². The van der Waals surface area contributed by atoms with Gasteiger partial charge in [0.1, 0.15) is 6.33 Å². The Balaban J connectivity index is 2.97. The highest BCUT2D eigenvalue weighted by atomic mass is 16.6. The van der Waals surface area contributed by atoms with E-state index in [1.54, 1.807) is 6.08 Å². The Bertz CT molecular complexity index is 395. The number of hydrogen-bond donors (Lipinski definition) is 2. The molecule has 1 aromatic rings. The van der Waals surface area contributed by atoms with Crippen molar-refractivity contribution in [1.29, 1.82) is 0 Å². The van der Waals surface area contributed by atoms with E-state index < -0.39 is 4.92 Å². The number of nitrogens with zero attached hydrogens (tertiary/aromatic N) is 3. The molecule has 86 valence electrons. The lowest BCUT2D eigenvalue weighted by molar-refractivity contribution is -0.385. The molecule has 0 spiro atoms. The Morgan fingerprint density at radius 3 is 3.00 bits per heavy atom.